The average molecular weight is 427 g/mol. The highest BCUT2D eigenvalue weighted by Gasteiger charge is 2.06. The molecule has 5 nitrogen and oxygen atoms in total. The van der Waals surface area contributed by atoms with Crippen molar-refractivity contribution in [3.63, 3.8) is 0 Å². The monoisotopic (exact) mass is 427 g/mol. The van der Waals surface area contributed by atoms with Crippen LogP contribution in [0, 0.1) is 6.92 Å². The summed E-state index contributed by atoms with van der Waals surface area (Å²) in [4.78, 5) is 4.40. The second kappa shape index (κ2) is 9.54. The molecule has 23 heavy (non-hydrogen) atoms. The Balaban J connectivity index is 0.00000264. The molecule has 0 aliphatic carbocycles. The Hall–Kier alpha value is -1.57. The highest BCUT2D eigenvalue weighted by atomic mass is 127. The molecule has 2 aromatic rings. The van der Waals surface area contributed by atoms with Crippen molar-refractivity contribution in [3.8, 4) is 0 Å². The number of halogens is 1. The number of nitrogens with two attached hydrogens (primary N) is 1. The number of nitrogens with one attached hydrogen (secondary N) is 1. The van der Waals surface area contributed by atoms with Crippen molar-refractivity contribution in [2.75, 3.05) is 11.9 Å². The second-order valence-electron chi connectivity index (χ2n) is 5.33. The van der Waals surface area contributed by atoms with Crippen LogP contribution in [0.5, 0.6) is 0 Å². The predicted octanol–water partition coefficient (Wildman–Crippen LogP) is 3.36. The highest BCUT2D eigenvalue weighted by molar-refractivity contribution is 14.0. The van der Waals surface area contributed by atoms with Gasteiger partial charge in [-0.2, -0.15) is 5.10 Å². The minimum absolute atomic E-state index is 0. The van der Waals surface area contributed by atoms with Gasteiger partial charge in [0.1, 0.15) is 0 Å². The fraction of sp³-hybridized carbons (Fsp3) is 0.412. The van der Waals surface area contributed by atoms with Gasteiger partial charge in [0.05, 0.1) is 19.3 Å². The van der Waals surface area contributed by atoms with Gasteiger partial charge in [0, 0.05) is 11.9 Å². The van der Waals surface area contributed by atoms with Crippen LogP contribution in [0.25, 0.3) is 0 Å². The first-order valence-corrected chi connectivity index (χ1v) is 7.80. The third-order valence-corrected chi connectivity index (χ3v) is 3.63. The average Bonchev–Trinajstić information content (AvgIpc) is 2.93. The molecule has 126 valence electrons. The molecule has 1 aromatic heterocycles. The van der Waals surface area contributed by atoms with E-state index in [1.807, 2.05) is 24.0 Å². The van der Waals surface area contributed by atoms with Crippen LogP contribution < -0.4 is 11.1 Å². The maximum atomic E-state index is 6.03. The molecule has 0 fully saturated rings. The summed E-state index contributed by atoms with van der Waals surface area (Å²) in [5.41, 5.74) is 10.8. The number of guanidine groups is 1. The zero-order valence-electron chi connectivity index (χ0n) is 14.0. The predicted molar refractivity (Wildman–Crippen MR) is 108 cm³/mol. The van der Waals surface area contributed by atoms with Gasteiger partial charge in [-0.05, 0) is 36.5 Å². The third kappa shape index (κ3) is 5.53. The van der Waals surface area contributed by atoms with E-state index in [0.717, 1.165) is 30.6 Å². The first-order valence-electron chi connectivity index (χ1n) is 7.80. The molecule has 0 radical (unpaired) electrons. The number of nitrogens with zero attached hydrogens (tertiary/aromatic N) is 3. The van der Waals surface area contributed by atoms with E-state index >= 15 is 0 Å². The summed E-state index contributed by atoms with van der Waals surface area (Å²) in [5.74, 6) is 0.458. The van der Waals surface area contributed by atoms with Gasteiger partial charge in [-0.25, -0.2) is 0 Å². The fourth-order valence-corrected chi connectivity index (χ4v) is 2.43. The minimum Gasteiger partial charge on any atom is -0.370 e. The highest BCUT2D eigenvalue weighted by Crippen LogP contribution is 2.22. The Morgan fingerprint density at radius 3 is 2.43 bits per heavy atom. The molecule has 0 amide bonds. The number of benzene rings is 1. The number of anilines is 1. The molecular weight excluding hydrogens is 401 g/mol. The molecule has 0 unspecified atom stereocenters. The lowest BCUT2D eigenvalue weighted by molar-refractivity contribution is 0.625. The van der Waals surface area contributed by atoms with Gasteiger partial charge in [-0.15, -0.1) is 24.0 Å². The van der Waals surface area contributed by atoms with E-state index in [-0.39, 0.29) is 24.0 Å². The van der Waals surface area contributed by atoms with E-state index in [2.05, 4.69) is 47.5 Å². The van der Waals surface area contributed by atoms with Gasteiger partial charge in [-0.3, -0.25) is 9.67 Å². The van der Waals surface area contributed by atoms with E-state index < -0.39 is 0 Å². The van der Waals surface area contributed by atoms with E-state index in [9.17, 15) is 0 Å². The van der Waals surface area contributed by atoms with Crippen LogP contribution in [0.3, 0.4) is 0 Å². The van der Waals surface area contributed by atoms with Crippen molar-refractivity contribution in [1.82, 2.24) is 9.78 Å². The first kappa shape index (κ1) is 19.5. The summed E-state index contributed by atoms with van der Waals surface area (Å²) < 4.78 is 1.88. The number of aromatic nitrogens is 2. The molecule has 3 N–H and O–H groups in total. The van der Waals surface area contributed by atoms with Gasteiger partial charge in [-0.1, -0.05) is 32.0 Å². The summed E-state index contributed by atoms with van der Waals surface area (Å²) >= 11 is 0. The van der Waals surface area contributed by atoms with Crippen LogP contribution in [-0.4, -0.2) is 22.3 Å². The molecule has 0 atom stereocenters. The zero-order valence-corrected chi connectivity index (χ0v) is 16.4. The van der Waals surface area contributed by atoms with Crippen LogP contribution in [0.1, 0.15) is 30.5 Å². The zero-order chi connectivity index (χ0) is 15.9. The molecule has 0 spiro atoms. The van der Waals surface area contributed by atoms with E-state index in [1.54, 1.807) is 0 Å². The second-order valence-corrected chi connectivity index (χ2v) is 5.33. The molecule has 0 aliphatic heterocycles. The van der Waals surface area contributed by atoms with Crippen LogP contribution in [-0.2, 0) is 19.4 Å². The fourth-order valence-electron chi connectivity index (χ4n) is 2.43. The topological polar surface area (TPSA) is 68.2 Å². The number of hydrogen-bond acceptors (Lipinski definition) is 2. The lowest BCUT2D eigenvalue weighted by Gasteiger charge is -2.14. The lowest BCUT2D eigenvalue weighted by Crippen LogP contribution is -2.25. The molecule has 0 saturated carbocycles. The van der Waals surface area contributed by atoms with Crippen molar-refractivity contribution in [1.29, 1.82) is 0 Å². The van der Waals surface area contributed by atoms with Gasteiger partial charge >= 0.3 is 0 Å². The van der Waals surface area contributed by atoms with Crippen LogP contribution >= 0.6 is 24.0 Å². The molecule has 6 heteroatoms. The summed E-state index contributed by atoms with van der Waals surface area (Å²) in [5, 5.41) is 7.51. The maximum absolute atomic E-state index is 6.03. The maximum Gasteiger partial charge on any atom is 0.193 e. The molecule has 0 bridgehead atoms. The molecule has 0 saturated heterocycles. The molecular formula is C17H26IN5. The summed E-state index contributed by atoms with van der Waals surface area (Å²) in [6.45, 7) is 7.65. The molecule has 1 heterocycles. The van der Waals surface area contributed by atoms with Crippen molar-refractivity contribution in [3.05, 3.63) is 47.3 Å². The van der Waals surface area contributed by atoms with Crippen LogP contribution in [0.4, 0.5) is 5.69 Å². The summed E-state index contributed by atoms with van der Waals surface area (Å²) in [6.07, 6.45) is 5.78. The van der Waals surface area contributed by atoms with Crippen LogP contribution in [0.2, 0.25) is 0 Å². The Bertz CT molecular complexity index is 626. The Morgan fingerprint density at radius 1 is 1.26 bits per heavy atom. The van der Waals surface area contributed by atoms with Gasteiger partial charge in [0.25, 0.3) is 0 Å². The minimum atomic E-state index is 0. The third-order valence-electron chi connectivity index (χ3n) is 3.63. The van der Waals surface area contributed by atoms with Crippen molar-refractivity contribution >= 4 is 35.6 Å². The Morgan fingerprint density at radius 2 is 1.91 bits per heavy atom. The van der Waals surface area contributed by atoms with Gasteiger partial charge in [0.2, 0.25) is 0 Å². The van der Waals surface area contributed by atoms with Crippen molar-refractivity contribution < 1.29 is 0 Å². The van der Waals surface area contributed by atoms with E-state index in [4.69, 9.17) is 5.73 Å². The summed E-state index contributed by atoms with van der Waals surface area (Å²) in [6, 6.07) is 6.35. The lowest BCUT2D eigenvalue weighted by atomic mass is 10.0. The molecule has 2 rings (SSSR count). The number of para-hydroxylation sites is 1. The molecule has 1 aromatic carbocycles. The smallest absolute Gasteiger partial charge is 0.193 e. The number of hydrogen-bond donors (Lipinski definition) is 2. The summed E-state index contributed by atoms with van der Waals surface area (Å²) in [7, 11) is 0. The Kier molecular flexibility index (Phi) is 8.08. The van der Waals surface area contributed by atoms with Gasteiger partial charge < -0.3 is 11.1 Å². The van der Waals surface area contributed by atoms with Crippen LogP contribution in [0.15, 0.2) is 35.6 Å². The first-order chi connectivity index (χ1) is 10.6. The van der Waals surface area contributed by atoms with Crippen molar-refractivity contribution in [2.24, 2.45) is 10.7 Å². The quantitative estimate of drug-likeness (QED) is 0.422. The molecule has 0 aliphatic rings. The number of aliphatic imine (C=N–C) groups is 1. The van der Waals surface area contributed by atoms with Gasteiger partial charge in [0.15, 0.2) is 5.96 Å². The number of aryl methyl sites for hydroxylation is 3. The largest absolute Gasteiger partial charge is 0.370 e. The standard InChI is InChI=1S/C17H25N5.HI/c1-4-14-7-6-8-15(5-2)16(14)21-17(18)19-9-10-22-12-13(3)11-20-22;/h6-8,11-12H,4-5,9-10H2,1-3H3,(H3,18,19,21);1H. The van der Waals surface area contributed by atoms with Crippen molar-refractivity contribution in [2.45, 2.75) is 40.2 Å². The van der Waals surface area contributed by atoms with E-state index in [0.29, 0.717) is 12.5 Å². The van der Waals surface area contributed by atoms with E-state index in [1.165, 1.54) is 11.1 Å². The number of rotatable bonds is 6. The normalized spacial score (nSPS) is 11.2. The Labute approximate surface area is 155 Å². The SMILES string of the molecule is CCc1cccc(CC)c1NC(N)=NCCn1cc(C)cn1.I.